The number of aliphatic hydroxyl groups excluding tert-OH is 1. The molecule has 0 spiro atoms. The number of methoxy groups -OCH3 is 1. The van der Waals surface area contributed by atoms with Crippen LogP contribution >= 0.6 is 0 Å². The van der Waals surface area contributed by atoms with E-state index in [-0.39, 0.29) is 12.7 Å². The highest BCUT2D eigenvalue weighted by Crippen LogP contribution is 2.40. The molecule has 1 aliphatic heterocycles. The van der Waals surface area contributed by atoms with Crippen molar-refractivity contribution in [3.8, 4) is 11.5 Å². The average Bonchev–Trinajstić information content (AvgIpc) is 2.28. The van der Waals surface area contributed by atoms with E-state index in [1.165, 1.54) is 0 Å². The molecule has 1 aromatic carbocycles. The molecule has 1 atom stereocenters. The number of nitrogens with zero attached hydrogens (tertiary/aromatic N) is 1. The summed E-state index contributed by atoms with van der Waals surface area (Å²) in [6.07, 6.45) is -0.182. The van der Waals surface area contributed by atoms with E-state index in [2.05, 4.69) is 4.90 Å². The van der Waals surface area contributed by atoms with Gasteiger partial charge in [0.2, 0.25) is 0 Å². The summed E-state index contributed by atoms with van der Waals surface area (Å²) in [6.45, 7) is 0.707. The third kappa shape index (κ3) is 1.72. The van der Waals surface area contributed by atoms with E-state index in [0.29, 0.717) is 18.0 Å². The highest BCUT2D eigenvalue weighted by Gasteiger charge is 2.25. The molecule has 0 saturated heterocycles. The molecule has 1 unspecified atom stereocenters. The molecular formula is C11H15NO3. The first kappa shape index (κ1) is 10.1. The number of benzene rings is 1. The minimum absolute atomic E-state index is 0.0157. The van der Waals surface area contributed by atoms with Gasteiger partial charge in [0.1, 0.15) is 6.10 Å². The summed E-state index contributed by atoms with van der Waals surface area (Å²) in [5, 5.41) is 9.11. The maximum atomic E-state index is 9.11. The molecule has 0 fully saturated rings. The summed E-state index contributed by atoms with van der Waals surface area (Å²) in [7, 11) is 3.59. The van der Waals surface area contributed by atoms with Crippen LogP contribution < -0.4 is 14.4 Å². The number of para-hydroxylation sites is 1. The Morgan fingerprint density at radius 1 is 1.60 bits per heavy atom. The summed E-state index contributed by atoms with van der Waals surface area (Å²) < 4.78 is 10.9. The molecule has 0 bridgehead atoms. The minimum atomic E-state index is -0.182. The van der Waals surface area contributed by atoms with Crippen molar-refractivity contribution in [2.75, 3.05) is 32.2 Å². The molecule has 0 radical (unpaired) electrons. The third-order valence-electron chi connectivity index (χ3n) is 2.55. The summed E-state index contributed by atoms with van der Waals surface area (Å²) in [5.41, 5.74) is 0.999. The van der Waals surface area contributed by atoms with Crippen molar-refractivity contribution in [2.24, 2.45) is 0 Å². The van der Waals surface area contributed by atoms with Gasteiger partial charge in [-0.25, -0.2) is 0 Å². The predicted octanol–water partition coefficient (Wildman–Crippen LogP) is 0.885. The average molecular weight is 209 g/mol. The van der Waals surface area contributed by atoms with Gasteiger partial charge < -0.3 is 19.5 Å². The topological polar surface area (TPSA) is 41.9 Å². The van der Waals surface area contributed by atoms with Crippen molar-refractivity contribution in [3.63, 3.8) is 0 Å². The van der Waals surface area contributed by atoms with E-state index in [9.17, 15) is 0 Å². The van der Waals surface area contributed by atoms with Crippen molar-refractivity contribution in [1.29, 1.82) is 0 Å². The lowest BCUT2D eigenvalue weighted by atomic mass is 10.2. The first-order chi connectivity index (χ1) is 7.26. The summed E-state index contributed by atoms with van der Waals surface area (Å²) in [6, 6.07) is 5.76. The lowest BCUT2D eigenvalue weighted by Crippen LogP contribution is -2.39. The van der Waals surface area contributed by atoms with Gasteiger partial charge in [0.05, 0.1) is 25.9 Å². The van der Waals surface area contributed by atoms with Gasteiger partial charge >= 0.3 is 0 Å². The number of hydrogen-bond acceptors (Lipinski definition) is 4. The summed E-state index contributed by atoms with van der Waals surface area (Å²) in [5.74, 6) is 1.42. The Morgan fingerprint density at radius 2 is 2.40 bits per heavy atom. The van der Waals surface area contributed by atoms with Crippen LogP contribution in [-0.4, -0.2) is 38.5 Å². The number of anilines is 1. The predicted molar refractivity (Wildman–Crippen MR) is 57.8 cm³/mol. The molecule has 82 valence electrons. The second-order valence-corrected chi connectivity index (χ2v) is 3.61. The Balaban J connectivity index is 2.40. The first-order valence-corrected chi connectivity index (χ1v) is 4.92. The second-order valence-electron chi connectivity index (χ2n) is 3.61. The summed E-state index contributed by atoms with van der Waals surface area (Å²) in [4.78, 5) is 2.06. The molecule has 1 aliphatic rings. The molecular weight excluding hydrogens is 194 g/mol. The van der Waals surface area contributed by atoms with Gasteiger partial charge in [-0.3, -0.25) is 0 Å². The maximum absolute atomic E-state index is 9.11. The Morgan fingerprint density at radius 3 is 3.07 bits per heavy atom. The molecule has 1 aromatic rings. The van der Waals surface area contributed by atoms with Gasteiger partial charge in [-0.15, -0.1) is 0 Å². The molecule has 4 heteroatoms. The number of aliphatic hydroxyl groups is 1. The maximum Gasteiger partial charge on any atom is 0.185 e. The lowest BCUT2D eigenvalue weighted by molar-refractivity contribution is 0.110. The first-order valence-electron chi connectivity index (χ1n) is 4.92. The molecule has 1 heterocycles. The van der Waals surface area contributed by atoms with Crippen molar-refractivity contribution >= 4 is 5.69 Å². The Hall–Kier alpha value is -1.42. The van der Waals surface area contributed by atoms with Crippen LogP contribution in [0, 0.1) is 0 Å². The Labute approximate surface area is 89.0 Å². The van der Waals surface area contributed by atoms with Gasteiger partial charge in [-0.2, -0.15) is 0 Å². The molecule has 0 aromatic heterocycles. The zero-order valence-electron chi connectivity index (χ0n) is 8.93. The normalized spacial score (nSPS) is 19.4. The van der Waals surface area contributed by atoms with E-state index in [1.54, 1.807) is 7.11 Å². The molecule has 2 rings (SSSR count). The van der Waals surface area contributed by atoms with E-state index in [4.69, 9.17) is 14.6 Å². The largest absolute Gasteiger partial charge is 0.493 e. The Kier molecular flexibility index (Phi) is 2.68. The van der Waals surface area contributed by atoms with Crippen LogP contribution in [0.15, 0.2) is 18.2 Å². The van der Waals surface area contributed by atoms with Crippen LogP contribution in [0.4, 0.5) is 5.69 Å². The van der Waals surface area contributed by atoms with Crippen LogP contribution in [0.5, 0.6) is 11.5 Å². The van der Waals surface area contributed by atoms with Gasteiger partial charge in [0, 0.05) is 7.05 Å². The monoisotopic (exact) mass is 209 g/mol. The molecule has 15 heavy (non-hydrogen) atoms. The van der Waals surface area contributed by atoms with E-state index < -0.39 is 0 Å². The smallest absolute Gasteiger partial charge is 0.185 e. The fraction of sp³-hybridized carbons (Fsp3) is 0.455. The Bertz CT molecular complexity index is 354. The van der Waals surface area contributed by atoms with E-state index in [0.717, 1.165) is 5.69 Å². The highest BCUT2D eigenvalue weighted by atomic mass is 16.5. The molecule has 0 aliphatic carbocycles. The van der Waals surface area contributed by atoms with Crippen molar-refractivity contribution in [1.82, 2.24) is 0 Å². The van der Waals surface area contributed by atoms with E-state index >= 15 is 0 Å². The van der Waals surface area contributed by atoms with Crippen LogP contribution in [0.2, 0.25) is 0 Å². The standard InChI is InChI=1S/C11H15NO3/c1-12-6-8(7-13)15-11-9(12)4-3-5-10(11)14-2/h3-5,8,13H,6-7H2,1-2H3. The fourth-order valence-corrected chi connectivity index (χ4v) is 1.79. The third-order valence-corrected chi connectivity index (χ3v) is 2.55. The number of fused-ring (bicyclic) bond motifs is 1. The number of rotatable bonds is 2. The molecule has 0 amide bonds. The van der Waals surface area contributed by atoms with Crippen molar-refractivity contribution in [3.05, 3.63) is 18.2 Å². The van der Waals surface area contributed by atoms with Crippen LogP contribution in [0.25, 0.3) is 0 Å². The van der Waals surface area contributed by atoms with Gasteiger partial charge in [-0.05, 0) is 12.1 Å². The molecule has 1 N–H and O–H groups in total. The number of hydrogen-bond donors (Lipinski definition) is 1. The van der Waals surface area contributed by atoms with Crippen LogP contribution in [0.1, 0.15) is 0 Å². The number of ether oxygens (including phenoxy) is 2. The highest BCUT2D eigenvalue weighted by molar-refractivity contribution is 5.65. The molecule has 4 nitrogen and oxygen atoms in total. The van der Waals surface area contributed by atoms with Crippen molar-refractivity contribution < 1.29 is 14.6 Å². The van der Waals surface area contributed by atoms with Crippen LogP contribution in [-0.2, 0) is 0 Å². The second kappa shape index (κ2) is 3.98. The van der Waals surface area contributed by atoms with Gasteiger partial charge in [-0.1, -0.05) is 6.07 Å². The lowest BCUT2D eigenvalue weighted by Gasteiger charge is -2.33. The minimum Gasteiger partial charge on any atom is -0.493 e. The fourth-order valence-electron chi connectivity index (χ4n) is 1.79. The SMILES string of the molecule is COc1cccc2c1OC(CO)CN2C. The summed E-state index contributed by atoms with van der Waals surface area (Å²) >= 11 is 0. The zero-order chi connectivity index (χ0) is 10.8. The van der Waals surface area contributed by atoms with E-state index in [1.807, 2.05) is 25.2 Å². The quantitative estimate of drug-likeness (QED) is 0.785. The van der Waals surface area contributed by atoms with Gasteiger partial charge in [0.15, 0.2) is 11.5 Å². The zero-order valence-corrected chi connectivity index (χ0v) is 8.93. The van der Waals surface area contributed by atoms with Gasteiger partial charge in [0.25, 0.3) is 0 Å². The molecule has 0 saturated carbocycles. The van der Waals surface area contributed by atoms with Crippen molar-refractivity contribution in [2.45, 2.75) is 6.10 Å². The number of likely N-dealkylation sites (N-methyl/N-ethyl adjacent to an activating group) is 1. The van der Waals surface area contributed by atoms with Crippen LogP contribution in [0.3, 0.4) is 0 Å².